The van der Waals surface area contributed by atoms with Gasteiger partial charge in [-0.15, -0.1) is 11.3 Å². The predicted molar refractivity (Wildman–Crippen MR) is 156 cm³/mol. The van der Waals surface area contributed by atoms with Crippen molar-refractivity contribution in [2.75, 3.05) is 25.7 Å². The summed E-state index contributed by atoms with van der Waals surface area (Å²) in [5.41, 5.74) is 1.80. The Hall–Kier alpha value is -2.74. The van der Waals surface area contributed by atoms with E-state index in [1.165, 1.54) is 40.3 Å². The first-order chi connectivity index (χ1) is 19.2. The number of sulfone groups is 2. The van der Waals surface area contributed by atoms with E-state index in [0.29, 0.717) is 27.2 Å². The van der Waals surface area contributed by atoms with Crippen LogP contribution in [0.15, 0.2) is 57.6 Å². The number of hydrogen-bond acceptors (Lipinski definition) is 11. The zero-order valence-corrected chi connectivity index (χ0v) is 26.3. The van der Waals surface area contributed by atoms with Crippen molar-refractivity contribution in [1.82, 2.24) is 14.8 Å². The molecule has 0 fully saturated rings. The molecule has 11 nitrogen and oxygen atoms in total. The lowest BCUT2D eigenvalue weighted by Gasteiger charge is -2.15. The van der Waals surface area contributed by atoms with Crippen LogP contribution in [-0.2, 0) is 52.4 Å². The average molecular weight is 640 g/mol. The Morgan fingerprint density at radius 1 is 0.951 bits per heavy atom. The summed E-state index contributed by atoms with van der Waals surface area (Å²) in [4.78, 5) is 18.1. The number of rotatable bonds is 13. The normalized spacial score (nSPS) is 12.7. The molecule has 41 heavy (non-hydrogen) atoms. The van der Waals surface area contributed by atoms with E-state index in [1.54, 1.807) is 37.4 Å². The van der Waals surface area contributed by atoms with Crippen LogP contribution in [0.1, 0.15) is 40.6 Å². The fourth-order valence-corrected chi connectivity index (χ4v) is 7.96. The molecule has 0 N–H and O–H groups in total. The van der Waals surface area contributed by atoms with E-state index in [0.717, 1.165) is 12.5 Å². The molecule has 0 bridgehead atoms. The molecule has 4 aromatic rings. The van der Waals surface area contributed by atoms with Crippen LogP contribution >= 0.6 is 18.9 Å². The van der Waals surface area contributed by atoms with E-state index in [2.05, 4.69) is 10.1 Å². The highest BCUT2D eigenvalue weighted by Crippen LogP contribution is 2.51. The first kappa shape index (κ1) is 31.2. The molecule has 0 atom stereocenters. The molecule has 0 amide bonds. The van der Waals surface area contributed by atoms with Gasteiger partial charge in [0.15, 0.2) is 25.5 Å². The second-order valence-electron chi connectivity index (χ2n) is 9.31. The summed E-state index contributed by atoms with van der Waals surface area (Å²) in [6.07, 6.45) is 2.14. The first-order valence-electron chi connectivity index (χ1n) is 12.6. The van der Waals surface area contributed by atoms with Gasteiger partial charge in [0.2, 0.25) is 0 Å². The predicted octanol–water partition coefficient (Wildman–Crippen LogP) is 4.54. The molecule has 15 heteroatoms. The average Bonchev–Trinajstić information content (AvgIpc) is 3.47. The van der Waals surface area contributed by atoms with Gasteiger partial charge in [-0.2, -0.15) is 5.10 Å². The lowest BCUT2D eigenvalue weighted by molar-refractivity contribution is 0.0988. The van der Waals surface area contributed by atoms with Crippen LogP contribution in [0.2, 0.25) is 0 Å². The standard InChI is InChI=1S/C26H30N3O8PS3/c1-5-36-38(31,37-6-2)16-19-17-39-25(27-19)14-24(30)26-22-12-11-21(41(4,34)35)13-23(22)29(28-26)15-18-7-9-20(10-8-18)40(3,32)33/h7-13,17H,5-6,14-16H2,1-4H3. The number of Topliss-reactive ketones (excluding diaryl/α,β-unsaturated/α-hetero) is 1. The minimum atomic E-state index is -3.53. The summed E-state index contributed by atoms with van der Waals surface area (Å²) in [5, 5.41) is 7.22. The highest BCUT2D eigenvalue weighted by molar-refractivity contribution is 7.91. The van der Waals surface area contributed by atoms with Crippen LogP contribution in [0, 0.1) is 0 Å². The van der Waals surface area contributed by atoms with E-state index in [1.807, 2.05) is 0 Å². The number of fused-ring (bicyclic) bond motifs is 1. The van der Waals surface area contributed by atoms with Crippen LogP contribution < -0.4 is 0 Å². The Bertz CT molecular complexity index is 1840. The summed E-state index contributed by atoms with van der Waals surface area (Å²) in [6, 6.07) is 10.7. The van der Waals surface area contributed by atoms with Crippen LogP contribution in [0.5, 0.6) is 0 Å². The number of ketones is 1. The van der Waals surface area contributed by atoms with Crippen molar-refractivity contribution in [2.45, 2.75) is 42.8 Å². The number of benzene rings is 2. The molecule has 0 aliphatic heterocycles. The van der Waals surface area contributed by atoms with Gasteiger partial charge in [-0.3, -0.25) is 14.0 Å². The maximum Gasteiger partial charge on any atom is 0.336 e. The molecule has 2 heterocycles. The van der Waals surface area contributed by atoms with E-state index in [9.17, 15) is 26.2 Å². The Labute approximate surface area is 242 Å². The minimum Gasteiger partial charge on any atom is -0.309 e. The quantitative estimate of drug-likeness (QED) is 0.151. The molecule has 0 aliphatic carbocycles. The van der Waals surface area contributed by atoms with Crippen LogP contribution in [0.4, 0.5) is 0 Å². The largest absolute Gasteiger partial charge is 0.336 e. The molecule has 0 spiro atoms. The van der Waals surface area contributed by atoms with Gasteiger partial charge in [0, 0.05) is 23.3 Å². The second-order valence-corrected chi connectivity index (χ2v) is 16.3. The molecule has 0 unspecified atom stereocenters. The molecule has 220 valence electrons. The van der Waals surface area contributed by atoms with Gasteiger partial charge in [0.25, 0.3) is 0 Å². The Balaban J connectivity index is 1.65. The van der Waals surface area contributed by atoms with Gasteiger partial charge in [-0.1, -0.05) is 12.1 Å². The maximum atomic E-state index is 13.4. The SMILES string of the molecule is CCOP(=O)(Cc1csc(CC(=O)c2nn(Cc3ccc(S(C)(=O)=O)cc3)c3cc(S(C)(=O)=O)ccc23)n1)OCC. The molecule has 0 radical (unpaired) electrons. The van der Waals surface area contributed by atoms with Gasteiger partial charge in [0.05, 0.1) is 53.3 Å². The van der Waals surface area contributed by atoms with Crippen molar-refractivity contribution >= 4 is 55.3 Å². The number of thiazole rings is 1. The van der Waals surface area contributed by atoms with Crippen molar-refractivity contribution < 1.29 is 35.2 Å². The Morgan fingerprint density at radius 2 is 1.56 bits per heavy atom. The zero-order valence-electron chi connectivity index (χ0n) is 22.9. The van der Waals surface area contributed by atoms with Crippen LogP contribution in [-0.4, -0.2) is 63.1 Å². The summed E-state index contributed by atoms with van der Waals surface area (Å²) < 4.78 is 73.2. The smallest absolute Gasteiger partial charge is 0.309 e. The van der Waals surface area contributed by atoms with Gasteiger partial charge in [0.1, 0.15) is 10.7 Å². The van der Waals surface area contributed by atoms with Crippen molar-refractivity contribution in [2.24, 2.45) is 0 Å². The molecule has 2 aromatic carbocycles. The van der Waals surface area contributed by atoms with Crippen molar-refractivity contribution in [1.29, 1.82) is 0 Å². The summed E-state index contributed by atoms with van der Waals surface area (Å²) in [7, 11) is -10.3. The molecule has 0 saturated carbocycles. The van der Waals surface area contributed by atoms with E-state index in [4.69, 9.17) is 9.05 Å². The number of nitrogens with zero attached hydrogens (tertiary/aromatic N) is 3. The van der Waals surface area contributed by atoms with E-state index < -0.39 is 27.3 Å². The maximum absolute atomic E-state index is 13.4. The van der Waals surface area contributed by atoms with Crippen molar-refractivity contribution in [3.05, 3.63) is 69.8 Å². The molecule has 0 saturated heterocycles. The highest BCUT2D eigenvalue weighted by atomic mass is 32.2. The van der Waals surface area contributed by atoms with Gasteiger partial charge < -0.3 is 9.05 Å². The molecular formula is C26H30N3O8PS3. The van der Waals surface area contributed by atoms with E-state index >= 15 is 0 Å². The Kier molecular flexibility index (Phi) is 9.32. The third kappa shape index (κ3) is 7.56. The highest BCUT2D eigenvalue weighted by Gasteiger charge is 2.26. The topological polar surface area (TPSA) is 152 Å². The fraction of sp³-hybridized carbons (Fsp3) is 0.346. The summed E-state index contributed by atoms with van der Waals surface area (Å²) >= 11 is 1.25. The zero-order chi connectivity index (χ0) is 30.0. The minimum absolute atomic E-state index is 0.0106. The Morgan fingerprint density at radius 3 is 2.15 bits per heavy atom. The lowest BCUT2D eigenvalue weighted by Crippen LogP contribution is -2.08. The number of carbonyl (C=O) groups is 1. The van der Waals surface area contributed by atoms with Crippen LogP contribution in [0.25, 0.3) is 10.9 Å². The molecule has 4 rings (SSSR count). The number of hydrogen-bond donors (Lipinski definition) is 0. The third-order valence-electron chi connectivity index (χ3n) is 6.02. The fourth-order valence-electron chi connectivity index (χ4n) is 4.17. The summed E-state index contributed by atoms with van der Waals surface area (Å²) in [6.45, 7) is 4.08. The van der Waals surface area contributed by atoms with Crippen molar-refractivity contribution in [3.63, 3.8) is 0 Å². The molecular weight excluding hydrogens is 609 g/mol. The third-order valence-corrected chi connectivity index (χ3v) is 11.2. The van der Waals surface area contributed by atoms with Gasteiger partial charge >= 0.3 is 7.60 Å². The van der Waals surface area contributed by atoms with Crippen LogP contribution in [0.3, 0.4) is 0 Å². The van der Waals surface area contributed by atoms with E-state index in [-0.39, 0.29) is 53.6 Å². The number of carbonyl (C=O) groups excluding carboxylic acids is 1. The van der Waals surface area contributed by atoms with Gasteiger partial charge in [-0.05, 0) is 49.7 Å². The first-order valence-corrected chi connectivity index (χ1v) is 19.0. The monoisotopic (exact) mass is 639 g/mol. The molecule has 0 aliphatic rings. The summed E-state index contributed by atoms with van der Waals surface area (Å²) in [5.74, 6) is -0.327. The molecule has 2 aromatic heterocycles. The van der Waals surface area contributed by atoms with Gasteiger partial charge in [-0.25, -0.2) is 21.8 Å². The van der Waals surface area contributed by atoms with Crippen molar-refractivity contribution in [3.8, 4) is 0 Å². The second kappa shape index (κ2) is 12.2. The lowest BCUT2D eigenvalue weighted by atomic mass is 10.1. The number of aromatic nitrogens is 3.